The number of nitrogens with one attached hydrogen (secondary N) is 2. The van der Waals surface area contributed by atoms with Crippen molar-refractivity contribution in [1.82, 2.24) is 19.4 Å². The Bertz CT molecular complexity index is 1390. The number of pyridine rings is 1. The molecule has 0 radical (unpaired) electrons. The van der Waals surface area contributed by atoms with Crippen molar-refractivity contribution in [3.05, 3.63) is 60.7 Å². The van der Waals surface area contributed by atoms with E-state index >= 15 is 0 Å². The summed E-state index contributed by atoms with van der Waals surface area (Å²) in [4.78, 5) is 28.5. The van der Waals surface area contributed by atoms with Gasteiger partial charge in [-0.05, 0) is 37.6 Å². The van der Waals surface area contributed by atoms with E-state index in [0.717, 1.165) is 66.0 Å². The van der Waals surface area contributed by atoms with E-state index < -0.39 is 5.41 Å². The zero-order valence-electron chi connectivity index (χ0n) is 19.1. The van der Waals surface area contributed by atoms with Gasteiger partial charge in [0.25, 0.3) is 0 Å². The van der Waals surface area contributed by atoms with E-state index in [-0.39, 0.29) is 5.91 Å². The van der Waals surface area contributed by atoms with E-state index in [1.54, 1.807) is 6.20 Å². The van der Waals surface area contributed by atoms with Gasteiger partial charge in [-0.15, -0.1) is 0 Å². The van der Waals surface area contributed by atoms with E-state index in [2.05, 4.69) is 25.5 Å². The summed E-state index contributed by atoms with van der Waals surface area (Å²) in [6.45, 7) is 7.00. The van der Waals surface area contributed by atoms with Crippen molar-refractivity contribution in [1.29, 1.82) is 0 Å². The molecule has 9 nitrogen and oxygen atoms in total. The Labute approximate surface area is 196 Å². The average Bonchev–Trinajstić information content (AvgIpc) is 3.42. The van der Waals surface area contributed by atoms with E-state index in [1.807, 2.05) is 67.2 Å². The molecule has 34 heavy (non-hydrogen) atoms. The fourth-order valence-electron chi connectivity index (χ4n) is 4.48. The van der Waals surface area contributed by atoms with Gasteiger partial charge in [0.1, 0.15) is 5.82 Å². The molecule has 4 aromatic rings. The number of ether oxygens (including phenoxy) is 1. The summed E-state index contributed by atoms with van der Waals surface area (Å²) in [5.74, 6) is 1.57. The van der Waals surface area contributed by atoms with Crippen LogP contribution in [0.3, 0.4) is 0 Å². The first-order valence-corrected chi connectivity index (χ1v) is 11.3. The molecule has 0 spiro atoms. The minimum atomic E-state index is -0.539. The number of morpholine rings is 1. The van der Waals surface area contributed by atoms with Crippen LogP contribution in [-0.4, -0.2) is 51.6 Å². The lowest BCUT2D eigenvalue weighted by molar-refractivity contribution is -0.119. The molecule has 0 unspecified atom stereocenters. The van der Waals surface area contributed by atoms with Crippen LogP contribution in [0.5, 0.6) is 0 Å². The van der Waals surface area contributed by atoms with E-state index in [4.69, 9.17) is 9.72 Å². The van der Waals surface area contributed by atoms with Crippen LogP contribution in [-0.2, 0) is 14.9 Å². The normalized spacial score (nSPS) is 17.0. The van der Waals surface area contributed by atoms with Gasteiger partial charge in [0.05, 0.1) is 36.2 Å². The molecule has 0 saturated carbocycles. The van der Waals surface area contributed by atoms with E-state index in [0.29, 0.717) is 5.82 Å². The maximum Gasteiger partial charge on any atom is 0.234 e. The Kier molecular flexibility index (Phi) is 4.73. The van der Waals surface area contributed by atoms with Crippen LogP contribution in [0.1, 0.15) is 19.4 Å². The molecule has 2 N–H and O–H groups in total. The van der Waals surface area contributed by atoms with Crippen molar-refractivity contribution in [2.45, 2.75) is 19.3 Å². The summed E-state index contributed by atoms with van der Waals surface area (Å²) < 4.78 is 7.37. The second-order valence-corrected chi connectivity index (χ2v) is 9.10. The zero-order valence-corrected chi connectivity index (χ0v) is 19.1. The summed E-state index contributed by atoms with van der Waals surface area (Å²) in [6.07, 6.45) is 7.39. The lowest BCUT2D eigenvalue weighted by Gasteiger charge is -2.27. The smallest absolute Gasteiger partial charge is 0.234 e. The van der Waals surface area contributed by atoms with E-state index in [9.17, 15) is 4.79 Å². The van der Waals surface area contributed by atoms with Crippen LogP contribution in [0.15, 0.2) is 55.1 Å². The van der Waals surface area contributed by atoms with Crippen LogP contribution in [0.25, 0.3) is 16.9 Å². The van der Waals surface area contributed by atoms with Gasteiger partial charge in [0.2, 0.25) is 5.91 Å². The van der Waals surface area contributed by atoms with Crippen molar-refractivity contribution in [2.24, 2.45) is 0 Å². The molecular formula is C25H25N7O2. The first kappa shape index (κ1) is 20.6. The SMILES string of the molecule is CC1(C)C(=O)Nc2cc(-c3cn4ccnc4c(Nc4ccc(N5CCOCC5)nc4)n3)ccc21. The minimum absolute atomic E-state index is 0.00746. The molecule has 1 saturated heterocycles. The highest BCUT2D eigenvalue weighted by Gasteiger charge is 2.38. The number of anilines is 4. The topological polar surface area (TPSA) is 96.7 Å². The third kappa shape index (κ3) is 3.45. The van der Waals surface area contributed by atoms with Gasteiger partial charge in [-0.2, -0.15) is 0 Å². The first-order chi connectivity index (χ1) is 16.5. The molecule has 0 aliphatic carbocycles. The van der Waals surface area contributed by atoms with Crippen molar-refractivity contribution < 1.29 is 9.53 Å². The lowest BCUT2D eigenvalue weighted by atomic mass is 9.86. The molecular weight excluding hydrogens is 430 g/mol. The molecule has 9 heteroatoms. The van der Waals surface area contributed by atoms with Crippen molar-refractivity contribution >= 4 is 34.6 Å². The van der Waals surface area contributed by atoms with Crippen LogP contribution in [0, 0.1) is 0 Å². The van der Waals surface area contributed by atoms with Gasteiger partial charge in [-0.25, -0.2) is 15.0 Å². The molecule has 0 atom stereocenters. The maximum atomic E-state index is 12.4. The lowest BCUT2D eigenvalue weighted by Crippen LogP contribution is -2.36. The number of carbonyl (C=O) groups excluding carboxylic acids is 1. The predicted octanol–water partition coefficient (Wildman–Crippen LogP) is 3.60. The summed E-state index contributed by atoms with van der Waals surface area (Å²) in [6, 6.07) is 10.00. The standard InChI is InChI=1S/C25H25N7O2/c1-25(2)18-5-3-16(13-19(18)30-24(25)33)20-15-32-8-7-26-23(32)22(29-20)28-17-4-6-21(27-14-17)31-9-11-34-12-10-31/h3-8,13-15H,9-12H2,1-2H3,(H,28,29)(H,30,33). The molecule has 172 valence electrons. The predicted molar refractivity (Wildman–Crippen MR) is 131 cm³/mol. The fraction of sp³-hybridized carbons (Fsp3) is 0.280. The number of amides is 1. The molecule has 0 bridgehead atoms. The molecule has 1 amide bonds. The number of rotatable bonds is 4. The Morgan fingerprint density at radius 3 is 2.76 bits per heavy atom. The highest BCUT2D eigenvalue weighted by Crippen LogP contribution is 2.39. The summed E-state index contributed by atoms with van der Waals surface area (Å²) in [7, 11) is 0. The fourth-order valence-corrected chi connectivity index (χ4v) is 4.48. The number of carbonyl (C=O) groups is 1. The summed E-state index contributed by atoms with van der Waals surface area (Å²) >= 11 is 0. The van der Waals surface area contributed by atoms with Crippen LogP contribution < -0.4 is 15.5 Å². The highest BCUT2D eigenvalue weighted by molar-refractivity contribution is 6.06. The summed E-state index contributed by atoms with van der Waals surface area (Å²) in [5.41, 5.74) is 4.52. The van der Waals surface area contributed by atoms with Crippen LogP contribution >= 0.6 is 0 Å². The Morgan fingerprint density at radius 2 is 1.97 bits per heavy atom. The second-order valence-electron chi connectivity index (χ2n) is 9.10. The number of hydrogen-bond donors (Lipinski definition) is 2. The van der Waals surface area contributed by atoms with E-state index in [1.165, 1.54) is 0 Å². The first-order valence-electron chi connectivity index (χ1n) is 11.3. The number of hydrogen-bond acceptors (Lipinski definition) is 7. The number of fused-ring (bicyclic) bond motifs is 2. The molecule has 5 heterocycles. The molecule has 2 aliphatic heterocycles. The number of nitrogens with zero attached hydrogens (tertiary/aromatic N) is 5. The quantitative estimate of drug-likeness (QED) is 0.485. The molecule has 1 fully saturated rings. The maximum absolute atomic E-state index is 12.4. The van der Waals surface area contributed by atoms with Gasteiger partial charge in [-0.1, -0.05) is 12.1 Å². The van der Waals surface area contributed by atoms with Crippen molar-refractivity contribution in [3.8, 4) is 11.3 Å². The minimum Gasteiger partial charge on any atom is -0.378 e. The molecule has 1 aromatic carbocycles. The van der Waals surface area contributed by atoms with Gasteiger partial charge >= 0.3 is 0 Å². The third-order valence-corrected chi connectivity index (χ3v) is 6.52. The van der Waals surface area contributed by atoms with Gasteiger partial charge in [0.15, 0.2) is 11.5 Å². The Balaban J connectivity index is 1.32. The van der Waals surface area contributed by atoms with Crippen molar-refractivity contribution in [2.75, 3.05) is 41.8 Å². The van der Waals surface area contributed by atoms with Crippen LogP contribution in [0.2, 0.25) is 0 Å². The highest BCUT2D eigenvalue weighted by atomic mass is 16.5. The molecule has 6 rings (SSSR count). The van der Waals surface area contributed by atoms with Gasteiger partial charge in [0, 0.05) is 42.9 Å². The number of aromatic nitrogens is 4. The largest absolute Gasteiger partial charge is 0.378 e. The Morgan fingerprint density at radius 1 is 1.12 bits per heavy atom. The monoisotopic (exact) mass is 455 g/mol. The zero-order chi connectivity index (χ0) is 23.3. The number of benzene rings is 1. The van der Waals surface area contributed by atoms with Gasteiger partial charge in [-0.3, -0.25) is 4.79 Å². The summed E-state index contributed by atoms with van der Waals surface area (Å²) in [5, 5.41) is 6.37. The molecule has 2 aliphatic rings. The Hall–Kier alpha value is -3.98. The van der Waals surface area contributed by atoms with Gasteiger partial charge < -0.3 is 24.7 Å². The number of imidazole rings is 1. The van der Waals surface area contributed by atoms with Crippen LogP contribution in [0.4, 0.5) is 23.0 Å². The average molecular weight is 456 g/mol. The van der Waals surface area contributed by atoms with Crippen molar-refractivity contribution in [3.63, 3.8) is 0 Å². The molecule has 3 aromatic heterocycles. The second kappa shape index (κ2) is 7.81. The third-order valence-electron chi connectivity index (χ3n) is 6.52.